The summed E-state index contributed by atoms with van der Waals surface area (Å²) >= 11 is 0. The smallest absolute Gasteiger partial charge is 0.132 e. The molecule has 0 unspecified atom stereocenters. The van der Waals surface area contributed by atoms with Crippen LogP contribution in [0, 0.1) is 6.92 Å². The largest absolute Gasteiger partial charge is 0.366 e. The summed E-state index contributed by atoms with van der Waals surface area (Å²) in [4.78, 5) is 25.1. The van der Waals surface area contributed by atoms with Gasteiger partial charge in [0.05, 0.1) is 29.6 Å². The predicted octanol–water partition coefficient (Wildman–Crippen LogP) is 2.12. The Labute approximate surface area is 159 Å². The Morgan fingerprint density at radius 1 is 1.11 bits per heavy atom. The fourth-order valence-electron chi connectivity index (χ4n) is 3.48. The van der Waals surface area contributed by atoms with Crippen LogP contribution in [-0.4, -0.2) is 65.1 Å². The molecule has 0 amide bonds. The molecule has 1 aliphatic heterocycles. The summed E-state index contributed by atoms with van der Waals surface area (Å²) < 4.78 is 0. The van der Waals surface area contributed by atoms with E-state index in [9.17, 15) is 0 Å². The number of hydrogen-bond donors (Lipinski definition) is 0. The lowest BCUT2D eigenvalue weighted by atomic mass is 10.2. The Morgan fingerprint density at radius 2 is 1.93 bits per heavy atom. The fraction of sp³-hybridized carbons (Fsp3) is 0.400. The number of likely N-dealkylation sites (N-methyl/N-ethyl adjacent to an activating group) is 1. The molecule has 3 aromatic rings. The van der Waals surface area contributed by atoms with Gasteiger partial charge in [0.15, 0.2) is 0 Å². The topological polar surface area (TPSA) is 61.3 Å². The van der Waals surface area contributed by atoms with Crippen LogP contribution in [0.3, 0.4) is 0 Å². The van der Waals surface area contributed by atoms with Gasteiger partial charge in [-0.25, -0.2) is 9.97 Å². The van der Waals surface area contributed by atoms with Crippen LogP contribution < -0.4 is 9.80 Å². The second-order valence-corrected chi connectivity index (χ2v) is 7.14. The molecule has 7 heteroatoms. The highest BCUT2D eigenvalue weighted by Crippen LogP contribution is 2.24. The quantitative estimate of drug-likeness (QED) is 0.703. The summed E-state index contributed by atoms with van der Waals surface area (Å²) in [5.74, 6) is 1.83. The first-order valence-electron chi connectivity index (χ1n) is 9.28. The maximum atomic E-state index is 4.67. The number of anilines is 2. The highest BCUT2D eigenvalue weighted by molar-refractivity contribution is 5.89. The van der Waals surface area contributed by atoms with Crippen molar-refractivity contribution >= 4 is 22.4 Å². The molecular formula is C20H25N7. The van der Waals surface area contributed by atoms with Crippen molar-refractivity contribution in [1.82, 2.24) is 24.8 Å². The number of nitrogens with zero attached hydrogens (tertiary/aromatic N) is 7. The van der Waals surface area contributed by atoms with Gasteiger partial charge < -0.3 is 14.7 Å². The second kappa shape index (κ2) is 7.44. The standard InChI is InChI=1S/C20H25N7/c1-15-23-17(11-19(24-15)27-9-7-25(2)8-10-27)14-26(3)18-13-21-12-16-5-4-6-22-20(16)18/h4-6,11-13H,7-10,14H2,1-3H3. The van der Waals surface area contributed by atoms with Crippen LogP contribution in [0.2, 0.25) is 0 Å². The Bertz CT molecular complexity index is 929. The van der Waals surface area contributed by atoms with Crippen LogP contribution >= 0.6 is 0 Å². The number of aromatic nitrogens is 4. The summed E-state index contributed by atoms with van der Waals surface area (Å²) in [6, 6.07) is 6.08. The van der Waals surface area contributed by atoms with E-state index in [4.69, 9.17) is 0 Å². The lowest BCUT2D eigenvalue weighted by molar-refractivity contribution is 0.312. The third kappa shape index (κ3) is 3.83. The van der Waals surface area contributed by atoms with Crippen molar-refractivity contribution in [3.05, 3.63) is 48.3 Å². The van der Waals surface area contributed by atoms with E-state index in [-0.39, 0.29) is 0 Å². The first-order valence-corrected chi connectivity index (χ1v) is 9.28. The molecule has 4 heterocycles. The van der Waals surface area contributed by atoms with Gasteiger partial charge in [-0.05, 0) is 26.1 Å². The molecule has 0 aromatic carbocycles. The third-order valence-corrected chi connectivity index (χ3v) is 5.01. The number of pyridine rings is 2. The zero-order chi connectivity index (χ0) is 18.8. The summed E-state index contributed by atoms with van der Waals surface area (Å²) in [5.41, 5.74) is 2.97. The lowest BCUT2D eigenvalue weighted by Crippen LogP contribution is -2.45. The Balaban J connectivity index is 1.58. The number of fused-ring (bicyclic) bond motifs is 1. The summed E-state index contributed by atoms with van der Waals surface area (Å²) in [6.45, 7) is 6.77. The van der Waals surface area contributed by atoms with E-state index in [2.05, 4.69) is 54.8 Å². The average molecular weight is 363 g/mol. The van der Waals surface area contributed by atoms with Gasteiger partial charge in [0.25, 0.3) is 0 Å². The Kier molecular flexibility index (Phi) is 4.85. The van der Waals surface area contributed by atoms with E-state index >= 15 is 0 Å². The van der Waals surface area contributed by atoms with Gasteiger partial charge in [-0.1, -0.05) is 0 Å². The van der Waals surface area contributed by atoms with Crippen molar-refractivity contribution in [3.63, 3.8) is 0 Å². The van der Waals surface area contributed by atoms with Crippen LogP contribution in [0.15, 0.2) is 36.8 Å². The zero-order valence-corrected chi connectivity index (χ0v) is 16.1. The van der Waals surface area contributed by atoms with E-state index in [0.717, 1.165) is 60.1 Å². The van der Waals surface area contributed by atoms with E-state index in [1.165, 1.54) is 0 Å². The maximum Gasteiger partial charge on any atom is 0.132 e. The molecule has 140 valence electrons. The molecule has 7 nitrogen and oxygen atoms in total. The molecule has 1 saturated heterocycles. The third-order valence-electron chi connectivity index (χ3n) is 5.01. The SMILES string of the molecule is Cc1nc(CN(C)c2cncc3cccnc23)cc(N2CCN(C)CC2)n1. The van der Waals surface area contributed by atoms with Gasteiger partial charge in [-0.15, -0.1) is 0 Å². The summed E-state index contributed by atoms with van der Waals surface area (Å²) in [6.07, 6.45) is 5.53. The Morgan fingerprint density at radius 3 is 2.74 bits per heavy atom. The van der Waals surface area contributed by atoms with Crippen LogP contribution in [-0.2, 0) is 6.54 Å². The minimum Gasteiger partial charge on any atom is -0.366 e. The average Bonchev–Trinajstić information content (AvgIpc) is 2.67. The molecule has 0 atom stereocenters. The van der Waals surface area contributed by atoms with Crippen molar-refractivity contribution in [2.45, 2.75) is 13.5 Å². The van der Waals surface area contributed by atoms with Crippen LogP contribution in [0.25, 0.3) is 10.9 Å². The second-order valence-electron chi connectivity index (χ2n) is 7.14. The van der Waals surface area contributed by atoms with Crippen molar-refractivity contribution in [2.75, 3.05) is 50.1 Å². The van der Waals surface area contributed by atoms with E-state index in [0.29, 0.717) is 6.54 Å². The van der Waals surface area contributed by atoms with E-state index < -0.39 is 0 Å². The molecule has 0 bridgehead atoms. The number of aryl methyl sites for hydroxylation is 1. The fourth-order valence-corrected chi connectivity index (χ4v) is 3.48. The van der Waals surface area contributed by atoms with Crippen molar-refractivity contribution in [3.8, 4) is 0 Å². The molecule has 1 aliphatic rings. The van der Waals surface area contributed by atoms with Gasteiger partial charge >= 0.3 is 0 Å². The Hall–Kier alpha value is -2.80. The molecule has 0 spiro atoms. The predicted molar refractivity (Wildman–Crippen MR) is 108 cm³/mol. The molecule has 1 fully saturated rings. The molecule has 0 radical (unpaired) electrons. The maximum absolute atomic E-state index is 4.67. The first-order chi connectivity index (χ1) is 13.1. The van der Waals surface area contributed by atoms with Gasteiger partial charge in [-0.2, -0.15) is 0 Å². The zero-order valence-electron chi connectivity index (χ0n) is 16.1. The molecule has 0 aliphatic carbocycles. The van der Waals surface area contributed by atoms with Crippen LogP contribution in [0.5, 0.6) is 0 Å². The lowest BCUT2D eigenvalue weighted by Gasteiger charge is -2.33. The van der Waals surface area contributed by atoms with Gasteiger partial charge in [-0.3, -0.25) is 9.97 Å². The van der Waals surface area contributed by atoms with Crippen molar-refractivity contribution in [1.29, 1.82) is 0 Å². The minimum absolute atomic E-state index is 0.682. The molecule has 3 aromatic heterocycles. The highest BCUT2D eigenvalue weighted by Gasteiger charge is 2.17. The minimum atomic E-state index is 0.682. The van der Waals surface area contributed by atoms with Gasteiger partial charge in [0.1, 0.15) is 11.6 Å². The first kappa shape index (κ1) is 17.6. The monoisotopic (exact) mass is 363 g/mol. The molecule has 0 saturated carbocycles. The number of hydrogen-bond acceptors (Lipinski definition) is 7. The number of piperazine rings is 1. The van der Waals surface area contributed by atoms with Crippen LogP contribution in [0.4, 0.5) is 11.5 Å². The number of rotatable bonds is 4. The van der Waals surface area contributed by atoms with Crippen molar-refractivity contribution in [2.24, 2.45) is 0 Å². The molecule has 4 rings (SSSR count). The van der Waals surface area contributed by atoms with Gasteiger partial charge in [0.2, 0.25) is 0 Å². The van der Waals surface area contributed by atoms with E-state index in [1.807, 2.05) is 37.6 Å². The van der Waals surface area contributed by atoms with Crippen LogP contribution in [0.1, 0.15) is 11.5 Å². The highest BCUT2D eigenvalue weighted by atomic mass is 15.3. The van der Waals surface area contributed by atoms with E-state index in [1.54, 1.807) is 0 Å². The van der Waals surface area contributed by atoms with Crippen molar-refractivity contribution < 1.29 is 0 Å². The molecular weight excluding hydrogens is 338 g/mol. The summed E-state index contributed by atoms with van der Waals surface area (Å²) in [7, 11) is 4.22. The summed E-state index contributed by atoms with van der Waals surface area (Å²) in [5, 5.41) is 1.04. The normalized spacial score (nSPS) is 15.3. The molecule has 0 N–H and O–H groups in total. The molecule has 27 heavy (non-hydrogen) atoms. The van der Waals surface area contributed by atoms with Gasteiger partial charge in [0, 0.05) is 57.1 Å².